The molecule has 0 aliphatic heterocycles. The highest BCUT2D eigenvalue weighted by Crippen LogP contribution is 2.20. The summed E-state index contributed by atoms with van der Waals surface area (Å²) in [6, 6.07) is 9.37. The van der Waals surface area contributed by atoms with E-state index in [1.54, 1.807) is 17.4 Å². The second-order valence-electron chi connectivity index (χ2n) is 3.43. The van der Waals surface area contributed by atoms with E-state index in [0.717, 1.165) is 14.2 Å². The minimum Gasteiger partial charge on any atom is -0.347 e. The quantitative estimate of drug-likeness (QED) is 0.826. The standard InChI is InChI=1S/C12H10BrNOS2/c13-11-4-3-8(16)6-10(11)12(15)14-7-9-2-1-5-17-9/h1-6,16H,7H2,(H,14,15). The predicted molar refractivity (Wildman–Crippen MR) is 76.9 cm³/mol. The van der Waals surface area contributed by atoms with Gasteiger partial charge < -0.3 is 5.32 Å². The summed E-state index contributed by atoms with van der Waals surface area (Å²) in [4.78, 5) is 13.9. The van der Waals surface area contributed by atoms with Gasteiger partial charge in [0.1, 0.15) is 0 Å². The van der Waals surface area contributed by atoms with Gasteiger partial charge in [0.25, 0.3) is 5.91 Å². The van der Waals surface area contributed by atoms with Crippen molar-refractivity contribution < 1.29 is 4.79 Å². The number of amides is 1. The molecule has 0 unspecified atom stereocenters. The Labute approximate surface area is 118 Å². The van der Waals surface area contributed by atoms with E-state index in [-0.39, 0.29) is 5.91 Å². The summed E-state index contributed by atoms with van der Waals surface area (Å²) in [7, 11) is 0. The highest BCUT2D eigenvalue weighted by Gasteiger charge is 2.10. The second kappa shape index (κ2) is 5.71. The molecule has 88 valence electrons. The molecule has 17 heavy (non-hydrogen) atoms. The lowest BCUT2D eigenvalue weighted by atomic mass is 10.2. The van der Waals surface area contributed by atoms with Crippen molar-refractivity contribution in [2.24, 2.45) is 0 Å². The molecule has 2 nitrogen and oxygen atoms in total. The van der Waals surface area contributed by atoms with Crippen LogP contribution in [0.15, 0.2) is 45.1 Å². The Morgan fingerprint density at radius 2 is 2.24 bits per heavy atom. The van der Waals surface area contributed by atoms with Crippen LogP contribution in [0.5, 0.6) is 0 Å². The maximum atomic E-state index is 11.9. The van der Waals surface area contributed by atoms with Gasteiger partial charge in [-0.05, 0) is 45.6 Å². The SMILES string of the molecule is O=C(NCc1cccs1)c1cc(S)ccc1Br. The van der Waals surface area contributed by atoms with Crippen molar-refractivity contribution >= 4 is 45.8 Å². The molecule has 1 aromatic carbocycles. The van der Waals surface area contributed by atoms with Crippen molar-refractivity contribution in [3.05, 3.63) is 50.6 Å². The van der Waals surface area contributed by atoms with E-state index in [0.29, 0.717) is 12.1 Å². The molecule has 0 spiro atoms. The summed E-state index contributed by atoms with van der Waals surface area (Å²) >= 11 is 9.21. The zero-order valence-electron chi connectivity index (χ0n) is 8.81. The number of rotatable bonds is 3. The fraction of sp³-hybridized carbons (Fsp3) is 0.0833. The highest BCUT2D eigenvalue weighted by atomic mass is 79.9. The van der Waals surface area contributed by atoms with Crippen molar-refractivity contribution in [3.8, 4) is 0 Å². The summed E-state index contributed by atoms with van der Waals surface area (Å²) < 4.78 is 0.777. The molecular weight excluding hydrogens is 318 g/mol. The Morgan fingerprint density at radius 3 is 2.94 bits per heavy atom. The third-order valence-electron chi connectivity index (χ3n) is 2.20. The normalized spacial score (nSPS) is 10.2. The lowest BCUT2D eigenvalue weighted by molar-refractivity contribution is 0.0950. The molecule has 0 bridgehead atoms. The van der Waals surface area contributed by atoms with E-state index in [1.165, 1.54) is 0 Å². The van der Waals surface area contributed by atoms with Crippen LogP contribution in [-0.2, 0) is 6.54 Å². The maximum Gasteiger partial charge on any atom is 0.252 e. The van der Waals surface area contributed by atoms with Crippen LogP contribution in [0.25, 0.3) is 0 Å². The second-order valence-corrected chi connectivity index (χ2v) is 5.83. The summed E-state index contributed by atoms with van der Waals surface area (Å²) in [5.41, 5.74) is 0.606. The first-order chi connectivity index (χ1) is 8.16. The molecule has 0 aliphatic rings. The molecule has 1 amide bonds. The number of hydrogen-bond acceptors (Lipinski definition) is 3. The van der Waals surface area contributed by atoms with Gasteiger partial charge >= 0.3 is 0 Å². The molecule has 0 aliphatic carbocycles. The average Bonchev–Trinajstić information content (AvgIpc) is 2.82. The van der Waals surface area contributed by atoms with Gasteiger partial charge in [-0.1, -0.05) is 6.07 Å². The molecule has 0 atom stereocenters. The van der Waals surface area contributed by atoms with Crippen molar-refractivity contribution in [2.75, 3.05) is 0 Å². The number of nitrogens with one attached hydrogen (secondary N) is 1. The van der Waals surface area contributed by atoms with E-state index < -0.39 is 0 Å². The maximum absolute atomic E-state index is 11.9. The van der Waals surface area contributed by atoms with Crippen LogP contribution < -0.4 is 5.32 Å². The minimum atomic E-state index is -0.0961. The first kappa shape index (κ1) is 12.7. The van der Waals surface area contributed by atoms with Gasteiger partial charge in [-0.25, -0.2) is 0 Å². The van der Waals surface area contributed by atoms with Crippen LogP contribution >= 0.6 is 39.9 Å². The van der Waals surface area contributed by atoms with Crippen LogP contribution in [0.2, 0.25) is 0 Å². The van der Waals surface area contributed by atoms with Gasteiger partial charge in [0.2, 0.25) is 0 Å². The molecular formula is C12H10BrNOS2. The molecule has 0 fully saturated rings. The molecule has 0 saturated heterocycles. The zero-order chi connectivity index (χ0) is 12.3. The number of thiol groups is 1. The molecule has 2 rings (SSSR count). The summed E-state index contributed by atoms with van der Waals surface area (Å²) in [5, 5.41) is 4.87. The Bertz CT molecular complexity index is 525. The number of carbonyl (C=O) groups is 1. The molecule has 0 radical (unpaired) electrons. The van der Waals surface area contributed by atoms with Gasteiger partial charge in [-0.2, -0.15) is 0 Å². The van der Waals surface area contributed by atoms with Gasteiger partial charge in [0.15, 0.2) is 0 Å². The Hall–Kier alpha value is -0.780. The fourth-order valence-electron chi connectivity index (χ4n) is 1.36. The van der Waals surface area contributed by atoms with Crippen LogP contribution in [0.4, 0.5) is 0 Å². The predicted octanol–water partition coefficient (Wildman–Crippen LogP) is 3.73. The van der Waals surface area contributed by atoms with E-state index >= 15 is 0 Å². The number of carbonyl (C=O) groups excluding carboxylic acids is 1. The molecule has 2 aromatic rings. The highest BCUT2D eigenvalue weighted by molar-refractivity contribution is 9.10. The number of hydrogen-bond donors (Lipinski definition) is 2. The van der Waals surface area contributed by atoms with Crippen molar-refractivity contribution in [1.29, 1.82) is 0 Å². The van der Waals surface area contributed by atoms with Gasteiger partial charge in [0.05, 0.1) is 12.1 Å². The van der Waals surface area contributed by atoms with E-state index in [1.807, 2.05) is 29.6 Å². The molecule has 5 heteroatoms. The summed E-state index contributed by atoms with van der Waals surface area (Å²) in [6.45, 7) is 0.555. The van der Waals surface area contributed by atoms with Crippen LogP contribution in [0.1, 0.15) is 15.2 Å². The van der Waals surface area contributed by atoms with Gasteiger partial charge in [-0.15, -0.1) is 24.0 Å². The van der Waals surface area contributed by atoms with Crippen molar-refractivity contribution in [2.45, 2.75) is 11.4 Å². The first-order valence-electron chi connectivity index (χ1n) is 4.96. The fourth-order valence-corrected chi connectivity index (χ4v) is 2.64. The summed E-state index contributed by atoms with van der Waals surface area (Å²) in [5.74, 6) is -0.0961. The number of halogens is 1. The van der Waals surface area contributed by atoms with Gasteiger partial charge in [0, 0.05) is 14.2 Å². The van der Waals surface area contributed by atoms with Gasteiger partial charge in [-0.3, -0.25) is 4.79 Å². The molecule has 1 N–H and O–H groups in total. The van der Waals surface area contributed by atoms with Crippen LogP contribution in [0.3, 0.4) is 0 Å². The van der Waals surface area contributed by atoms with Crippen molar-refractivity contribution in [3.63, 3.8) is 0 Å². The zero-order valence-corrected chi connectivity index (χ0v) is 12.1. The Morgan fingerprint density at radius 1 is 1.41 bits per heavy atom. The van der Waals surface area contributed by atoms with E-state index in [4.69, 9.17) is 0 Å². The van der Waals surface area contributed by atoms with E-state index in [2.05, 4.69) is 33.9 Å². The molecule has 0 saturated carbocycles. The lowest BCUT2D eigenvalue weighted by Crippen LogP contribution is -2.22. The first-order valence-corrected chi connectivity index (χ1v) is 7.08. The Kier molecular flexibility index (Phi) is 4.25. The van der Waals surface area contributed by atoms with Crippen molar-refractivity contribution in [1.82, 2.24) is 5.32 Å². The van der Waals surface area contributed by atoms with Crippen LogP contribution in [-0.4, -0.2) is 5.91 Å². The number of thiophene rings is 1. The number of benzene rings is 1. The monoisotopic (exact) mass is 327 g/mol. The molecule has 1 heterocycles. The minimum absolute atomic E-state index is 0.0961. The summed E-state index contributed by atoms with van der Waals surface area (Å²) in [6.07, 6.45) is 0. The third-order valence-corrected chi connectivity index (χ3v) is 4.04. The largest absolute Gasteiger partial charge is 0.347 e. The third kappa shape index (κ3) is 3.34. The van der Waals surface area contributed by atoms with E-state index in [9.17, 15) is 4.79 Å². The average molecular weight is 328 g/mol. The smallest absolute Gasteiger partial charge is 0.252 e. The molecule has 1 aromatic heterocycles. The van der Waals surface area contributed by atoms with Crippen LogP contribution in [0, 0.1) is 0 Å². The lowest BCUT2D eigenvalue weighted by Gasteiger charge is -2.06. The topological polar surface area (TPSA) is 29.1 Å². The Balaban J connectivity index is 2.07.